The van der Waals surface area contributed by atoms with Gasteiger partial charge in [-0.2, -0.15) is 0 Å². The van der Waals surface area contributed by atoms with Crippen molar-refractivity contribution in [2.24, 2.45) is 0 Å². The van der Waals surface area contributed by atoms with E-state index < -0.39 is 0 Å². The van der Waals surface area contributed by atoms with E-state index in [2.05, 4.69) is 24.5 Å². The molecule has 2 fully saturated rings. The molecule has 2 unspecified atom stereocenters. The van der Waals surface area contributed by atoms with E-state index in [1.807, 2.05) is 9.80 Å². The molecular weight excluding hydrogens is 275 g/mol. The second kappa shape index (κ2) is 8.04. The normalized spacial score (nSPS) is 28.1. The summed E-state index contributed by atoms with van der Waals surface area (Å²) in [5, 5.41) is 6.62. The van der Waals surface area contributed by atoms with E-state index in [9.17, 15) is 4.79 Å². The van der Waals surface area contributed by atoms with Gasteiger partial charge in [-0.3, -0.25) is 0 Å². The Morgan fingerprint density at radius 1 is 0.944 bits per heavy atom. The number of carbonyl (C=O) groups excluding carboxylic acids is 1. The molecule has 18 heavy (non-hydrogen) atoms. The molecule has 2 aliphatic rings. The average molecular weight is 299 g/mol. The van der Waals surface area contributed by atoms with Gasteiger partial charge in [0, 0.05) is 51.4 Å². The highest BCUT2D eigenvalue weighted by molar-refractivity contribution is 5.85. The zero-order chi connectivity index (χ0) is 11.5. The zero-order valence-electron chi connectivity index (χ0n) is 11.0. The fraction of sp³-hybridized carbons (Fsp3) is 0.909. The SMILES string of the molecule is CC1CNCCN1C(=O)N1CCNCC1C.Cl.Cl. The molecule has 2 rings (SSSR count). The average Bonchev–Trinajstić information content (AvgIpc) is 2.29. The van der Waals surface area contributed by atoms with Crippen LogP contribution in [0.15, 0.2) is 0 Å². The van der Waals surface area contributed by atoms with Crippen LogP contribution in [0.3, 0.4) is 0 Å². The predicted molar refractivity (Wildman–Crippen MR) is 78.0 cm³/mol. The number of rotatable bonds is 0. The quantitative estimate of drug-likeness (QED) is 0.686. The maximum Gasteiger partial charge on any atom is 0.320 e. The molecule has 7 heteroatoms. The second-order valence-corrected chi connectivity index (χ2v) is 4.78. The Hall–Kier alpha value is -0.230. The molecule has 0 spiro atoms. The van der Waals surface area contributed by atoms with E-state index in [1.165, 1.54) is 0 Å². The van der Waals surface area contributed by atoms with E-state index in [4.69, 9.17) is 0 Å². The lowest BCUT2D eigenvalue weighted by molar-refractivity contribution is 0.104. The van der Waals surface area contributed by atoms with Gasteiger partial charge in [-0.05, 0) is 13.8 Å². The molecule has 108 valence electrons. The minimum Gasteiger partial charge on any atom is -0.319 e. The molecule has 2 saturated heterocycles. The largest absolute Gasteiger partial charge is 0.320 e. The predicted octanol–water partition coefficient (Wildman–Crippen LogP) is 0.537. The molecule has 0 aromatic carbocycles. The van der Waals surface area contributed by atoms with Crippen molar-refractivity contribution < 1.29 is 4.79 Å². The Morgan fingerprint density at radius 3 is 1.67 bits per heavy atom. The van der Waals surface area contributed by atoms with Crippen LogP contribution in [0.5, 0.6) is 0 Å². The smallest absolute Gasteiger partial charge is 0.319 e. The van der Waals surface area contributed by atoms with Gasteiger partial charge in [0.1, 0.15) is 0 Å². The van der Waals surface area contributed by atoms with E-state index in [0.717, 1.165) is 39.3 Å². The Bertz CT molecular complexity index is 243. The van der Waals surface area contributed by atoms with Crippen molar-refractivity contribution in [3.05, 3.63) is 0 Å². The summed E-state index contributed by atoms with van der Waals surface area (Å²) in [7, 11) is 0. The van der Waals surface area contributed by atoms with Gasteiger partial charge in [0.25, 0.3) is 0 Å². The highest BCUT2D eigenvalue weighted by Crippen LogP contribution is 2.11. The summed E-state index contributed by atoms with van der Waals surface area (Å²) >= 11 is 0. The summed E-state index contributed by atoms with van der Waals surface area (Å²) in [5.41, 5.74) is 0. The first kappa shape index (κ1) is 17.8. The van der Waals surface area contributed by atoms with Crippen LogP contribution in [0.4, 0.5) is 4.79 Å². The van der Waals surface area contributed by atoms with Crippen LogP contribution in [0, 0.1) is 0 Å². The Morgan fingerprint density at radius 2 is 1.33 bits per heavy atom. The van der Waals surface area contributed by atoms with Gasteiger partial charge in [0.15, 0.2) is 0 Å². The first-order valence-corrected chi connectivity index (χ1v) is 6.19. The molecular formula is C11H24Cl2N4O. The number of nitrogens with one attached hydrogen (secondary N) is 2. The van der Waals surface area contributed by atoms with Crippen LogP contribution >= 0.6 is 24.8 Å². The molecule has 0 radical (unpaired) electrons. The number of piperazine rings is 2. The molecule has 2 atom stereocenters. The highest BCUT2D eigenvalue weighted by atomic mass is 35.5. The van der Waals surface area contributed by atoms with Crippen LogP contribution in [0.25, 0.3) is 0 Å². The molecule has 0 saturated carbocycles. The van der Waals surface area contributed by atoms with Gasteiger partial charge in [-0.25, -0.2) is 4.79 Å². The topological polar surface area (TPSA) is 47.6 Å². The van der Waals surface area contributed by atoms with Crippen molar-refractivity contribution >= 4 is 30.8 Å². The van der Waals surface area contributed by atoms with Crippen LogP contribution in [-0.2, 0) is 0 Å². The monoisotopic (exact) mass is 298 g/mol. The molecule has 2 aliphatic heterocycles. The van der Waals surface area contributed by atoms with Crippen molar-refractivity contribution in [1.82, 2.24) is 20.4 Å². The van der Waals surface area contributed by atoms with E-state index in [-0.39, 0.29) is 30.8 Å². The third kappa shape index (κ3) is 3.88. The van der Waals surface area contributed by atoms with Gasteiger partial charge >= 0.3 is 6.03 Å². The molecule has 0 bridgehead atoms. The van der Waals surface area contributed by atoms with Gasteiger partial charge in [-0.1, -0.05) is 0 Å². The minimum atomic E-state index is 0. The van der Waals surface area contributed by atoms with Crippen molar-refractivity contribution in [2.45, 2.75) is 25.9 Å². The third-order valence-corrected chi connectivity index (χ3v) is 3.49. The summed E-state index contributed by atoms with van der Waals surface area (Å²) in [6.07, 6.45) is 0. The Kier molecular flexibility index (Phi) is 7.94. The van der Waals surface area contributed by atoms with Crippen molar-refractivity contribution in [1.29, 1.82) is 0 Å². The zero-order valence-corrected chi connectivity index (χ0v) is 12.6. The summed E-state index contributed by atoms with van der Waals surface area (Å²) in [6.45, 7) is 9.52. The Balaban J connectivity index is 0.00000144. The molecule has 2 N–H and O–H groups in total. The molecule has 2 amide bonds. The van der Waals surface area contributed by atoms with Gasteiger partial charge in [0.05, 0.1) is 0 Å². The first-order valence-electron chi connectivity index (χ1n) is 6.19. The fourth-order valence-electron chi connectivity index (χ4n) is 2.42. The number of nitrogens with zero attached hydrogens (tertiary/aromatic N) is 2. The lowest BCUT2D eigenvalue weighted by Crippen LogP contribution is -2.61. The van der Waals surface area contributed by atoms with E-state index >= 15 is 0 Å². The van der Waals surface area contributed by atoms with Crippen LogP contribution < -0.4 is 10.6 Å². The number of urea groups is 1. The second-order valence-electron chi connectivity index (χ2n) is 4.78. The highest BCUT2D eigenvalue weighted by Gasteiger charge is 2.30. The summed E-state index contributed by atoms with van der Waals surface area (Å²) in [5.74, 6) is 0. The molecule has 5 nitrogen and oxygen atoms in total. The van der Waals surface area contributed by atoms with Crippen molar-refractivity contribution in [2.75, 3.05) is 39.3 Å². The number of amides is 2. The summed E-state index contributed by atoms with van der Waals surface area (Å²) in [4.78, 5) is 16.4. The number of hydrogen-bond acceptors (Lipinski definition) is 3. The molecule has 0 aromatic heterocycles. The summed E-state index contributed by atoms with van der Waals surface area (Å²) in [6, 6.07) is 0.828. The standard InChI is InChI=1S/C11H22N4O.2ClH/c1-9-7-12-3-5-14(9)11(16)15-6-4-13-8-10(15)2;;/h9-10,12-13H,3-8H2,1-2H3;2*1H. The first-order chi connectivity index (χ1) is 7.70. The lowest BCUT2D eigenvalue weighted by atomic mass is 10.2. The van der Waals surface area contributed by atoms with Crippen LogP contribution in [0.2, 0.25) is 0 Å². The maximum atomic E-state index is 12.4. The maximum absolute atomic E-state index is 12.4. The number of halogens is 2. The van der Waals surface area contributed by atoms with Crippen molar-refractivity contribution in [3.8, 4) is 0 Å². The molecule has 0 aliphatic carbocycles. The summed E-state index contributed by atoms with van der Waals surface area (Å²) < 4.78 is 0. The minimum absolute atomic E-state index is 0. The van der Waals surface area contributed by atoms with Gasteiger partial charge in [-0.15, -0.1) is 24.8 Å². The van der Waals surface area contributed by atoms with Crippen LogP contribution in [0.1, 0.15) is 13.8 Å². The number of hydrogen-bond donors (Lipinski definition) is 2. The van der Waals surface area contributed by atoms with E-state index in [1.54, 1.807) is 0 Å². The molecule has 2 heterocycles. The van der Waals surface area contributed by atoms with Crippen molar-refractivity contribution in [3.63, 3.8) is 0 Å². The fourth-order valence-corrected chi connectivity index (χ4v) is 2.42. The number of carbonyl (C=O) groups is 1. The van der Waals surface area contributed by atoms with Crippen LogP contribution in [-0.4, -0.2) is 67.2 Å². The Labute approximate surface area is 121 Å². The third-order valence-electron chi connectivity index (χ3n) is 3.49. The lowest BCUT2D eigenvalue weighted by Gasteiger charge is -2.41. The van der Waals surface area contributed by atoms with E-state index in [0.29, 0.717) is 12.1 Å². The molecule has 0 aromatic rings. The van der Waals surface area contributed by atoms with Gasteiger partial charge < -0.3 is 20.4 Å². The van der Waals surface area contributed by atoms with Gasteiger partial charge in [0.2, 0.25) is 0 Å².